The summed E-state index contributed by atoms with van der Waals surface area (Å²) in [5.41, 5.74) is 3.02. The predicted octanol–water partition coefficient (Wildman–Crippen LogP) is 4.26. The summed E-state index contributed by atoms with van der Waals surface area (Å²) in [4.78, 5) is 32.6. The van der Waals surface area contributed by atoms with E-state index in [1.807, 2.05) is 24.3 Å². The molecule has 0 atom stereocenters. The van der Waals surface area contributed by atoms with Gasteiger partial charge >= 0.3 is 5.97 Å². The number of amides is 1. The molecule has 0 bridgehead atoms. The van der Waals surface area contributed by atoms with Crippen molar-refractivity contribution >= 4 is 28.5 Å². The maximum absolute atomic E-state index is 12.9. The van der Waals surface area contributed by atoms with Gasteiger partial charge in [-0.3, -0.25) is 14.8 Å². The van der Waals surface area contributed by atoms with E-state index < -0.39 is 5.97 Å². The van der Waals surface area contributed by atoms with Gasteiger partial charge in [-0.05, 0) is 54.6 Å². The maximum Gasteiger partial charge on any atom is 0.337 e. The number of pyridine rings is 2. The lowest BCUT2D eigenvalue weighted by atomic mass is 10.0. The van der Waals surface area contributed by atoms with Crippen LogP contribution in [0.5, 0.6) is 5.75 Å². The molecule has 1 amide bonds. The molecule has 0 fully saturated rings. The number of carbonyl (C=O) groups excluding carboxylic acids is 1. The molecule has 0 spiro atoms. The highest BCUT2D eigenvalue weighted by Crippen LogP contribution is 2.25. The lowest BCUT2D eigenvalue weighted by molar-refractivity contribution is 0.0696. The van der Waals surface area contributed by atoms with Crippen LogP contribution in [0.2, 0.25) is 0 Å². The molecule has 0 aliphatic carbocycles. The van der Waals surface area contributed by atoms with Gasteiger partial charge in [0, 0.05) is 29.0 Å². The van der Waals surface area contributed by atoms with Crippen molar-refractivity contribution in [3.63, 3.8) is 0 Å². The van der Waals surface area contributed by atoms with E-state index in [1.165, 1.54) is 6.20 Å². The van der Waals surface area contributed by atoms with Gasteiger partial charge in [-0.1, -0.05) is 6.07 Å². The van der Waals surface area contributed by atoms with Gasteiger partial charge in [0.2, 0.25) is 0 Å². The van der Waals surface area contributed by atoms with E-state index in [-0.39, 0.29) is 11.5 Å². The molecule has 2 aromatic carbocycles. The largest absolute Gasteiger partial charge is 0.497 e. The molecular weight excluding hydrogens is 382 g/mol. The second kappa shape index (κ2) is 8.00. The van der Waals surface area contributed by atoms with Gasteiger partial charge in [0.15, 0.2) is 0 Å². The van der Waals surface area contributed by atoms with E-state index in [2.05, 4.69) is 15.3 Å². The van der Waals surface area contributed by atoms with Crippen LogP contribution in [0.4, 0.5) is 5.69 Å². The Morgan fingerprint density at radius 1 is 1.00 bits per heavy atom. The zero-order chi connectivity index (χ0) is 21.1. The van der Waals surface area contributed by atoms with Gasteiger partial charge in [-0.2, -0.15) is 0 Å². The summed E-state index contributed by atoms with van der Waals surface area (Å²) in [5.74, 6) is -0.629. The van der Waals surface area contributed by atoms with E-state index >= 15 is 0 Å². The average molecular weight is 399 g/mol. The van der Waals surface area contributed by atoms with Crippen molar-refractivity contribution in [1.82, 2.24) is 9.97 Å². The number of nitrogens with zero attached hydrogens (tertiary/aromatic N) is 2. The van der Waals surface area contributed by atoms with Crippen LogP contribution in [-0.2, 0) is 0 Å². The summed E-state index contributed by atoms with van der Waals surface area (Å²) in [7, 11) is 1.59. The third-order valence-corrected chi connectivity index (χ3v) is 4.60. The number of hydrogen-bond acceptors (Lipinski definition) is 5. The van der Waals surface area contributed by atoms with Crippen LogP contribution in [0, 0.1) is 0 Å². The molecule has 0 saturated heterocycles. The Hall–Kier alpha value is -4.26. The molecule has 4 aromatic rings. The molecule has 2 N–H and O–H groups in total. The van der Waals surface area contributed by atoms with E-state index in [9.17, 15) is 9.59 Å². The first-order chi connectivity index (χ1) is 14.5. The van der Waals surface area contributed by atoms with E-state index in [0.29, 0.717) is 27.8 Å². The second-order valence-electron chi connectivity index (χ2n) is 6.52. The highest BCUT2D eigenvalue weighted by atomic mass is 16.5. The number of anilines is 1. The Morgan fingerprint density at radius 2 is 1.80 bits per heavy atom. The topological polar surface area (TPSA) is 101 Å². The molecule has 0 aliphatic rings. The van der Waals surface area contributed by atoms with Crippen molar-refractivity contribution in [2.24, 2.45) is 0 Å². The molecule has 4 rings (SSSR count). The number of ether oxygens (including phenoxy) is 1. The minimum absolute atomic E-state index is 0.110. The molecule has 0 unspecified atom stereocenters. The number of nitrogens with one attached hydrogen (secondary N) is 1. The number of fused-ring (bicyclic) bond motifs is 1. The quantitative estimate of drug-likeness (QED) is 0.520. The van der Waals surface area contributed by atoms with Crippen LogP contribution in [0.25, 0.3) is 22.2 Å². The number of methoxy groups -OCH3 is 1. The van der Waals surface area contributed by atoms with E-state index in [1.54, 1.807) is 49.7 Å². The van der Waals surface area contributed by atoms with Crippen molar-refractivity contribution in [3.05, 3.63) is 84.2 Å². The maximum atomic E-state index is 12.9. The summed E-state index contributed by atoms with van der Waals surface area (Å²) in [6, 6.07) is 17.4. The SMILES string of the molecule is COc1ccc(-c2ncccc2C(=O)Nc2ccc3cc(C(=O)O)cnc3c2)cc1. The lowest BCUT2D eigenvalue weighted by Crippen LogP contribution is -2.13. The molecule has 0 aliphatic heterocycles. The summed E-state index contributed by atoms with van der Waals surface area (Å²) < 4.78 is 5.18. The highest BCUT2D eigenvalue weighted by molar-refractivity contribution is 6.08. The monoisotopic (exact) mass is 399 g/mol. The van der Waals surface area contributed by atoms with Crippen molar-refractivity contribution < 1.29 is 19.4 Å². The minimum atomic E-state index is -1.04. The molecule has 0 saturated carbocycles. The van der Waals surface area contributed by atoms with Gasteiger partial charge in [-0.15, -0.1) is 0 Å². The third kappa shape index (κ3) is 3.81. The number of carboxylic acids is 1. The van der Waals surface area contributed by atoms with Crippen LogP contribution < -0.4 is 10.1 Å². The van der Waals surface area contributed by atoms with Gasteiger partial charge in [-0.25, -0.2) is 4.79 Å². The van der Waals surface area contributed by atoms with Crippen LogP contribution in [-0.4, -0.2) is 34.1 Å². The minimum Gasteiger partial charge on any atom is -0.497 e. The first-order valence-corrected chi connectivity index (χ1v) is 9.09. The number of hydrogen-bond donors (Lipinski definition) is 2. The zero-order valence-corrected chi connectivity index (χ0v) is 16.0. The number of aromatic nitrogens is 2. The smallest absolute Gasteiger partial charge is 0.337 e. The third-order valence-electron chi connectivity index (χ3n) is 4.60. The number of aromatic carboxylic acids is 1. The lowest BCUT2D eigenvalue weighted by Gasteiger charge is -2.11. The second-order valence-corrected chi connectivity index (χ2v) is 6.52. The van der Waals surface area contributed by atoms with Crippen LogP contribution in [0.1, 0.15) is 20.7 Å². The molecule has 7 nitrogen and oxygen atoms in total. The Labute approximate surface area is 172 Å². The normalized spacial score (nSPS) is 10.6. The molecular formula is C23H17N3O4. The fraction of sp³-hybridized carbons (Fsp3) is 0.0435. The summed E-state index contributed by atoms with van der Waals surface area (Å²) >= 11 is 0. The van der Waals surface area contributed by atoms with E-state index in [0.717, 1.165) is 11.3 Å². The standard InChI is InChI=1S/C23H17N3O4/c1-30-18-8-5-14(6-9-18)21-19(3-2-10-24-21)22(27)26-17-7-4-15-11-16(23(28)29)13-25-20(15)12-17/h2-13H,1H3,(H,26,27)(H,28,29). The molecule has 2 heterocycles. The van der Waals surface area contributed by atoms with Gasteiger partial charge in [0.05, 0.1) is 29.4 Å². The average Bonchev–Trinajstić information content (AvgIpc) is 2.78. The van der Waals surface area contributed by atoms with Crippen LogP contribution in [0.15, 0.2) is 73.1 Å². The first kappa shape index (κ1) is 19.1. The van der Waals surface area contributed by atoms with Crippen molar-refractivity contribution in [2.45, 2.75) is 0 Å². The Kier molecular flexibility index (Phi) is 5.09. The number of rotatable bonds is 5. The predicted molar refractivity (Wildman–Crippen MR) is 113 cm³/mol. The number of carbonyl (C=O) groups is 2. The molecule has 148 valence electrons. The summed E-state index contributed by atoms with van der Waals surface area (Å²) in [5, 5.41) is 12.6. The molecule has 30 heavy (non-hydrogen) atoms. The van der Waals surface area contributed by atoms with Gasteiger partial charge < -0.3 is 15.2 Å². The van der Waals surface area contributed by atoms with Crippen molar-refractivity contribution in [3.8, 4) is 17.0 Å². The number of benzene rings is 2. The zero-order valence-electron chi connectivity index (χ0n) is 16.0. The fourth-order valence-corrected chi connectivity index (χ4v) is 3.08. The fourth-order valence-electron chi connectivity index (χ4n) is 3.08. The summed E-state index contributed by atoms with van der Waals surface area (Å²) in [6.07, 6.45) is 2.93. The van der Waals surface area contributed by atoms with Crippen LogP contribution in [0.3, 0.4) is 0 Å². The molecule has 0 radical (unpaired) electrons. The van der Waals surface area contributed by atoms with E-state index in [4.69, 9.17) is 9.84 Å². The van der Waals surface area contributed by atoms with Gasteiger partial charge in [0.25, 0.3) is 5.91 Å². The Balaban J connectivity index is 1.62. The highest BCUT2D eigenvalue weighted by Gasteiger charge is 2.15. The van der Waals surface area contributed by atoms with Crippen LogP contribution >= 0.6 is 0 Å². The number of carboxylic acid groups (broad SMARTS) is 1. The van der Waals surface area contributed by atoms with Crippen molar-refractivity contribution in [1.29, 1.82) is 0 Å². The molecule has 7 heteroatoms. The van der Waals surface area contributed by atoms with Gasteiger partial charge in [0.1, 0.15) is 5.75 Å². The first-order valence-electron chi connectivity index (χ1n) is 9.09. The van der Waals surface area contributed by atoms with Crippen molar-refractivity contribution in [2.75, 3.05) is 12.4 Å². The Bertz CT molecular complexity index is 1250. The molecule has 2 aromatic heterocycles. The summed E-state index contributed by atoms with van der Waals surface area (Å²) in [6.45, 7) is 0. The Morgan fingerprint density at radius 3 is 2.53 bits per heavy atom.